The van der Waals surface area contributed by atoms with Crippen LogP contribution in [0.1, 0.15) is 66.4 Å². The molecule has 2 unspecified atom stereocenters. The predicted molar refractivity (Wildman–Crippen MR) is 137 cm³/mol. The van der Waals surface area contributed by atoms with Crippen LogP contribution in [0.5, 0.6) is 0 Å². The number of piperidine rings is 1. The Bertz CT molecular complexity index is 1020. The molecule has 1 saturated heterocycles. The fourth-order valence-electron chi connectivity index (χ4n) is 5.32. The number of nitrogens with one attached hydrogen (secondary N) is 2. The zero-order chi connectivity index (χ0) is 24.6. The molecule has 0 radical (unpaired) electrons. The van der Waals surface area contributed by atoms with Crippen molar-refractivity contribution in [2.24, 2.45) is 5.92 Å². The summed E-state index contributed by atoms with van der Waals surface area (Å²) in [6.07, 6.45) is 6.61. The monoisotopic (exact) mass is 475 g/mol. The van der Waals surface area contributed by atoms with E-state index in [-0.39, 0.29) is 35.7 Å². The number of nitrogens with zero attached hydrogens (tertiary/aromatic N) is 1. The third kappa shape index (κ3) is 6.71. The molecule has 4 rings (SSSR count). The Morgan fingerprint density at radius 3 is 2.29 bits per heavy atom. The van der Waals surface area contributed by atoms with E-state index in [0.29, 0.717) is 18.5 Å². The third-order valence-corrected chi connectivity index (χ3v) is 7.42. The normalized spacial score (nSPS) is 22.3. The van der Waals surface area contributed by atoms with Gasteiger partial charge in [0.25, 0.3) is 5.91 Å². The molecule has 1 aliphatic carbocycles. The maximum atomic E-state index is 13.2. The van der Waals surface area contributed by atoms with E-state index < -0.39 is 0 Å². The second-order valence-corrected chi connectivity index (χ2v) is 9.96. The van der Waals surface area contributed by atoms with E-state index in [9.17, 15) is 14.4 Å². The van der Waals surface area contributed by atoms with Crippen LogP contribution in [0, 0.1) is 12.8 Å². The molecule has 0 bridgehead atoms. The smallest absolute Gasteiger partial charge is 0.251 e. The third-order valence-electron chi connectivity index (χ3n) is 7.42. The minimum atomic E-state index is -0.195. The molecule has 1 aliphatic heterocycles. The number of rotatable bonds is 7. The molecule has 0 spiro atoms. The van der Waals surface area contributed by atoms with Gasteiger partial charge in [-0.3, -0.25) is 14.4 Å². The summed E-state index contributed by atoms with van der Waals surface area (Å²) in [5.41, 5.74) is 2.78. The first-order valence-electron chi connectivity index (χ1n) is 13.0. The summed E-state index contributed by atoms with van der Waals surface area (Å²) < 4.78 is 0. The maximum absolute atomic E-state index is 13.2. The van der Waals surface area contributed by atoms with Gasteiger partial charge in [-0.2, -0.15) is 0 Å². The molecular weight excluding hydrogens is 438 g/mol. The Hall–Kier alpha value is -3.15. The number of carbonyl (C=O) groups is 3. The van der Waals surface area contributed by atoms with Gasteiger partial charge < -0.3 is 15.5 Å². The number of carbonyl (C=O) groups excluding carboxylic acids is 3. The topological polar surface area (TPSA) is 78.5 Å². The first-order valence-corrected chi connectivity index (χ1v) is 13.0. The fraction of sp³-hybridized carbons (Fsp3) is 0.483. The quantitative estimate of drug-likeness (QED) is 0.635. The van der Waals surface area contributed by atoms with Crippen LogP contribution in [0.2, 0.25) is 0 Å². The molecule has 2 fully saturated rings. The number of likely N-dealkylation sites (tertiary alicyclic amines) is 1. The van der Waals surface area contributed by atoms with Gasteiger partial charge in [-0.1, -0.05) is 61.4 Å². The van der Waals surface area contributed by atoms with Crippen LogP contribution in [0.4, 0.5) is 0 Å². The second kappa shape index (κ2) is 12.0. The Morgan fingerprint density at radius 2 is 1.54 bits per heavy atom. The van der Waals surface area contributed by atoms with Crippen molar-refractivity contribution in [2.45, 2.75) is 70.4 Å². The molecule has 2 aliphatic rings. The lowest BCUT2D eigenvalue weighted by Crippen LogP contribution is -2.55. The van der Waals surface area contributed by atoms with E-state index >= 15 is 0 Å². The fourth-order valence-corrected chi connectivity index (χ4v) is 5.32. The summed E-state index contributed by atoms with van der Waals surface area (Å²) >= 11 is 0. The number of amides is 3. The standard InChI is InChI=1S/C29H37N3O3/c1-21-10-5-6-14-24(21)29(35)31-26-16-8-7-15-25(26)30-28(34)23-13-9-19-32(20-23)27(33)18-17-22-11-3-2-4-12-22/h2-6,10-12,14,23,25-26H,7-9,13,15-20H2,1H3,(H,30,34)(H,31,35)/t23?,25?,26-/m1/s1. The summed E-state index contributed by atoms with van der Waals surface area (Å²) in [5.74, 6) is -0.152. The van der Waals surface area contributed by atoms with Crippen molar-refractivity contribution >= 4 is 17.7 Å². The van der Waals surface area contributed by atoms with Crippen LogP contribution in [0.15, 0.2) is 54.6 Å². The van der Waals surface area contributed by atoms with Gasteiger partial charge in [-0.05, 0) is 56.2 Å². The van der Waals surface area contributed by atoms with Gasteiger partial charge in [-0.25, -0.2) is 0 Å². The molecule has 1 saturated carbocycles. The van der Waals surface area contributed by atoms with Gasteiger partial charge in [0.2, 0.25) is 11.8 Å². The largest absolute Gasteiger partial charge is 0.351 e. The predicted octanol–water partition coefficient (Wildman–Crippen LogP) is 4.02. The van der Waals surface area contributed by atoms with Crippen molar-refractivity contribution in [2.75, 3.05) is 13.1 Å². The Kier molecular flexibility index (Phi) is 8.56. The van der Waals surface area contributed by atoms with E-state index in [2.05, 4.69) is 10.6 Å². The number of hydrogen-bond donors (Lipinski definition) is 2. The second-order valence-electron chi connectivity index (χ2n) is 9.96. The SMILES string of the molecule is Cc1ccccc1C(=O)N[C@@H]1CCCCC1NC(=O)C1CCCN(C(=O)CCc2ccccc2)C1. The summed E-state index contributed by atoms with van der Waals surface area (Å²) in [6.45, 7) is 3.13. The Morgan fingerprint density at radius 1 is 0.857 bits per heavy atom. The molecule has 0 aromatic heterocycles. The molecule has 35 heavy (non-hydrogen) atoms. The molecular formula is C29H37N3O3. The van der Waals surface area contributed by atoms with Crippen molar-refractivity contribution < 1.29 is 14.4 Å². The van der Waals surface area contributed by atoms with E-state index in [0.717, 1.165) is 62.6 Å². The highest BCUT2D eigenvalue weighted by Gasteiger charge is 2.33. The number of benzene rings is 2. The van der Waals surface area contributed by atoms with E-state index in [4.69, 9.17) is 0 Å². The molecule has 2 N–H and O–H groups in total. The van der Waals surface area contributed by atoms with Crippen molar-refractivity contribution in [3.63, 3.8) is 0 Å². The highest BCUT2D eigenvalue weighted by molar-refractivity contribution is 5.95. The summed E-state index contributed by atoms with van der Waals surface area (Å²) in [5, 5.41) is 6.41. The lowest BCUT2D eigenvalue weighted by atomic mass is 9.88. The van der Waals surface area contributed by atoms with Gasteiger partial charge >= 0.3 is 0 Å². The Balaban J connectivity index is 1.31. The van der Waals surface area contributed by atoms with Crippen LogP contribution >= 0.6 is 0 Å². The molecule has 1 heterocycles. The minimum absolute atomic E-state index is 0.00704. The van der Waals surface area contributed by atoms with Crippen molar-refractivity contribution in [3.05, 3.63) is 71.3 Å². The molecule has 6 nitrogen and oxygen atoms in total. The number of hydrogen-bond acceptors (Lipinski definition) is 3. The first-order chi connectivity index (χ1) is 17.0. The summed E-state index contributed by atoms with van der Waals surface area (Å²) in [6, 6.07) is 17.5. The van der Waals surface area contributed by atoms with Crippen LogP contribution in [0.3, 0.4) is 0 Å². The van der Waals surface area contributed by atoms with E-state index in [1.54, 1.807) is 0 Å². The van der Waals surface area contributed by atoms with Crippen molar-refractivity contribution in [1.82, 2.24) is 15.5 Å². The molecule has 3 amide bonds. The summed E-state index contributed by atoms with van der Waals surface area (Å²) in [7, 11) is 0. The van der Waals surface area contributed by atoms with Gasteiger partial charge in [0.15, 0.2) is 0 Å². The molecule has 3 atom stereocenters. The molecule has 6 heteroatoms. The van der Waals surface area contributed by atoms with Gasteiger partial charge in [0.1, 0.15) is 0 Å². The summed E-state index contributed by atoms with van der Waals surface area (Å²) in [4.78, 5) is 40.8. The van der Waals surface area contributed by atoms with Crippen LogP contribution < -0.4 is 10.6 Å². The van der Waals surface area contributed by atoms with E-state index in [1.165, 1.54) is 0 Å². The van der Waals surface area contributed by atoms with E-state index in [1.807, 2.05) is 66.4 Å². The lowest BCUT2D eigenvalue weighted by Gasteiger charge is -2.36. The minimum Gasteiger partial charge on any atom is -0.351 e. The highest BCUT2D eigenvalue weighted by Crippen LogP contribution is 2.23. The van der Waals surface area contributed by atoms with Crippen LogP contribution in [-0.2, 0) is 16.0 Å². The van der Waals surface area contributed by atoms with Crippen LogP contribution in [0.25, 0.3) is 0 Å². The lowest BCUT2D eigenvalue weighted by molar-refractivity contribution is -0.136. The molecule has 2 aromatic rings. The van der Waals surface area contributed by atoms with Crippen molar-refractivity contribution in [1.29, 1.82) is 0 Å². The van der Waals surface area contributed by atoms with Crippen LogP contribution in [-0.4, -0.2) is 47.8 Å². The molecule has 186 valence electrons. The average molecular weight is 476 g/mol. The van der Waals surface area contributed by atoms with Gasteiger partial charge in [-0.15, -0.1) is 0 Å². The first kappa shape index (κ1) is 25.0. The highest BCUT2D eigenvalue weighted by atomic mass is 16.2. The number of aryl methyl sites for hydroxylation is 2. The van der Waals surface area contributed by atoms with Gasteiger partial charge in [0.05, 0.1) is 5.92 Å². The molecule has 2 aromatic carbocycles. The zero-order valence-corrected chi connectivity index (χ0v) is 20.7. The zero-order valence-electron chi connectivity index (χ0n) is 20.7. The van der Waals surface area contributed by atoms with Crippen molar-refractivity contribution in [3.8, 4) is 0 Å². The van der Waals surface area contributed by atoms with Gasteiger partial charge in [0, 0.05) is 37.2 Å². The average Bonchev–Trinajstić information content (AvgIpc) is 2.89. The maximum Gasteiger partial charge on any atom is 0.251 e. The Labute approximate surface area is 208 Å².